The van der Waals surface area contributed by atoms with Crippen molar-refractivity contribution in [3.8, 4) is 0 Å². The van der Waals surface area contributed by atoms with Crippen molar-refractivity contribution in [2.24, 2.45) is 11.8 Å². The quantitative estimate of drug-likeness (QED) is 0.819. The molecule has 0 saturated heterocycles. The average Bonchev–Trinajstić information content (AvgIpc) is 2.33. The molecule has 1 aromatic rings. The Morgan fingerprint density at radius 2 is 1.90 bits per heavy atom. The fourth-order valence-corrected chi connectivity index (χ4v) is 2.41. The molecule has 2 nitrogen and oxygen atoms in total. The van der Waals surface area contributed by atoms with E-state index < -0.39 is 0 Å². The van der Waals surface area contributed by atoms with Crippen LogP contribution in [-0.2, 0) is 4.79 Å². The minimum atomic E-state index is -0.113. The molecular formula is C17H26ClNO. The normalized spacial score (nSPS) is 12.8. The third-order valence-corrected chi connectivity index (χ3v) is 3.94. The highest BCUT2D eigenvalue weighted by Gasteiger charge is 2.24. The molecule has 0 aliphatic carbocycles. The predicted octanol–water partition coefficient (Wildman–Crippen LogP) is 4.55. The van der Waals surface area contributed by atoms with Gasteiger partial charge in [0.05, 0.1) is 5.92 Å². The molecule has 1 aromatic carbocycles. The Morgan fingerprint density at radius 1 is 1.25 bits per heavy atom. The van der Waals surface area contributed by atoms with Crippen LogP contribution < -0.4 is 5.32 Å². The summed E-state index contributed by atoms with van der Waals surface area (Å²) in [6.45, 7) is 11.2. The zero-order chi connectivity index (χ0) is 15.3. The summed E-state index contributed by atoms with van der Waals surface area (Å²) in [6.07, 6.45) is 1.01. The summed E-state index contributed by atoms with van der Waals surface area (Å²) in [5.74, 6) is 0.862. The van der Waals surface area contributed by atoms with E-state index in [2.05, 4.69) is 33.0 Å². The van der Waals surface area contributed by atoms with Gasteiger partial charge < -0.3 is 5.32 Å². The predicted molar refractivity (Wildman–Crippen MR) is 86.2 cm³/mol. The van der Waals surface area contributed by atoms with E-state index in [-0.39, 0.29) is 17.7 Å². The Balaban J connectivity index is 2.82. The van der Waals surface area contributed by atoms with Crippen LogP contribution in [0, 0.1) is 18.8 Å². The molecule has 0 aromatic heterocycles. The molecule has 0 aliphatic heterocycles. The Hall–Kier alpha value is -1.02. The third kappa shape index (κ3) is 4.82. The lowest BCUT2D eigenvalue weighted by molar-refractivity contribution is -0.123. The fourth-order valence-electron chi connectivity index (χ4n) is 2.29. The molecule has 0 heterocycles. The van der Waals surface area contributed by atoms with Crippen LogP contribution in [0.5, 0.6) is 0 Å². The Morgan fingerprint density at radius 3 is 2.40 bits per heavy atom. The summed E-state index contributed by atoms with van der Waals surface area (Å²) in [7, 11) is 0. The van der Waals surface area contributed by atoms with E-state index in [0.717, 1.165) is 29.1 Å². The minimum Gasteiger partial charge on any atom is -0.356 e. The number of amides is 1. The molecule has 0 spiro atoms. The number of benzene rings is 1. The molecule has 0 aliphatic rings. The Kier molecular flexibility index (Phi) is 6.54. The van der Waals surface area contributed by atoms with Crippen molar-refractivity contribution >= 4 is 17.5 Å². The molecule has 1 N–H and O–H groups in total. The van der Waals surface area contributed by atoms with E-state index in [1.165, 1.54) is 0 Å². The highest BCUT2D eigenvalue weighted by atomic mass is 35.5. The molecule has 1 amide bonds. The smallest absolute Gasteiger partial charge is 0.227 e. The molecule has 3 heteroatoms. The van der Waals surface area contributed by atoms with Crippen molar-refractivity contribution in [3.63, 3.8) is 0 Å². The van der Waals surface area contributed by atoms with Crippen molar-refractivity contribution in [2.45, 2.75) is 47.0 Å². The number of hydrogen-bond acceptors (Lipinski definition) is 1. The second kappa shape index (κ2) is 7.68. The van der Waals surface area contributed by atoms with Gasteiger partial charge >= 0.3 is 0 Å². The van der Waals surface area contributed by atoms with Crippen LogP contribution in [0.15, 0.2) is 18.2 Å². The number of hydrogen-bond donors (Lipinski definition) is 1. The van der Waals surface area contributed by atoms with Gasteiger partial charge in [-0.05, 0) is 42.4 Å². The highest BCUT2D eigenvalue weighted by Crippen LogP contribution is 2.28. The van der Waals surface area contributed by atoms with E-state index in [0.29, 0.717) is 5.92 Å². The van der Waals surface area contributed by atoms with Crippen LogP contribution in [0.3, 0.4) is 0 Å². The molecule has 1 rings (SSSR count). The lowest BCUT2D eigenvalue weighted by Crippen LogP contribution is -2.33. The summed E-state index contributed by atoms with van der Waals surface area (Å²) >= 11 is 6.06. The third-order valence-electron chi connectivity index (χ3n) is 3.51. The van der Waals surface area contributed by atoms with Crippen LogP contribution >= 0.6 is 11.6 Å². The number of halogens is 1. The largest absolute Gasteiger partial charge is 0.356 e. The van der Waals surface area contributed by atoms with Gasteiger partial charge in [-0.1, -0.05) is 51.4 Å². The van der Waals surface area contributed by atoms with Gasteiger partial charge in [0.15, 0.2) is 0 Å². The second-order valence-corrected chi connectivity index (χ2v) is 6.61. The van der Waals surface area contributed by atoms with Gasteiger partial charge in [0.25, 0.3) is 0 Å². The van der Waals surface area contributed by atoms with Crippen molar-refractivity contribution < 1.29 is 4.79 Å². The van der Waals surface area contributed by atoms with E-state index >= 15 is 0 Å². The van der Waals surface area contributed by atoms with Crippen LogP contribution in [0.25, 0.3) is 0 Å². The zero-order valence-corrected chi connectivity index (χ0v) is 13.9. The van der Waals surface area contributed by atoms with Gasteiger partial charge in [-0.15, -0.1) is 0 Å². The van der Waals surface area contributed by atoms with Crippen molar-refractivity contribution in [1.29, 1.82) is 0 Å². The molecule has 20 heavy (non-hydrogen) atoms. The maximum Gasteiger partial charge on any atom is 0.227 e. The van der Waals surface area contributed by atoms with E-state index in [1.54, 1.807) is 0 Å². The number of nitrogens with one attached hydrogen (secondary N) is 1. The van der Waals surface area contributed by atoms with Gasteiger partial charge in [0.2, 0.25) is 5.91 Å². The average molecular weight is 296 g/mol. The molecule has 0 saturated carbocycles. The van der Waals surface area contributed by atoms with Gasteiger partial charge in [-0.25, -0.2) is 0 Å². The SMILES string of the molecule is Cc1cc(C(C(=O)NCCC(C)C)C(C)C)ccc1Cl. The first-order valence-corrected chi connectivity index (χ1v) is 7.74. The van der Waals surface area contributed by atoms with Crippen LogP contribution in [0.2, 0.25) is 5.02 Å². The molecule has 0 radical (unpaired) electrons. The molecule has 1 atom stereocenters. The first-order chi connectivity index (χ1) is 9.32. The van der Waals surface area contributed by atoms with E-state index in [1.807, 2.05) is 25.1 Å². The van der Waals surface area contributed by atoms with Gasteiger partial charge in [-0.3, -0.25) is 4.79 Å². The van der Waals surface area contributed by atoms with Crippen LogP contribution in [0.4, 0.5) is 0 Å². The first-order valence-electron chi connectivity index (χ1n) is 7.36. The van der Waals surface area contributed by atoms with E-state index in [4.69, 9.17) is 11.6 Å². The zero-order valence-electron chi connectivity index (χ0n) is 13.2. The van der Waals surface area contributed by atoms with Gasteiger partial charge in [-0.2, -0.15) is 0 Å². The van der Waals surface area contributed by atoms with Gasteiger partial charge in [0.1, 0.15) is 0 Å². The molecular weight excluding hydrogens is 270 g/mol. The van der Waals surface area contributed by atoms with E-state index in [9.17, 15) is 4.79 Å². The summed E-state index contributed by atoms with van der Waals surface area (Å²) in [5.41, 5.74) is 2.06. The van der Waals surface area contributed by atoms with Gasteiger partial charge in [0, 0.05) is 11.6 Å². The van der Waals surface area contributed by atoms with Crippen LogP contribution in [0.1, 0.15) is 51.2 Å². The Labute approximate surface area is 127 Å². The first kappa shape index (κ1) is 17.0. The maximum absolute atomic E-state index is 12.4. The minimum absolute atomic E-state index is 0.113. The molecule has 112 valence electrons. The Bertz CT molecular complexity index is 454. The summed E-state index contributed by atoms with van der Waals surface area (Å²) in [6, 6.07) is 5.86. The molecule has 0 bridgehead atoms. The number of carbonyl (C=O) groups excluding carboxylic acids is 1. The fraction of sp³-hybridized carbons (Fsp3) is 0.588. The van der Waals surface area contributed by atoms with Crippen molar-refractivity contribution in [3.05, 3.63) is 34.3 Å². The summed E-state index contributed by atoms with van der Waals surface area (Å²) in [4.78, 5) is 12.4. The molecule has 1 unspecified atom stereocenters. The maximum atomic E-state index is 12.4. The standard InChI is InChI=1S/C17H26ClNO/c1-11(2)8-9-19-17(20)16(12(3)4)14-6-7-15(18)13(5)10-14/h6-7,10-12,16H,8-9H2,1-5H3,(H,19,20). The lowest BCUT2D eigenvalue weighted by atomic mass is 9.87. The monoisotopic (exact) mass is 295 g/mol. The number of rotatable bonds is 6. The molecule has 0 fully saturated rings. The topological polar surface area (TPSA) is 29.1 Å². The lowest BCUT2D eigenvalue weighted by Gasteiger charge is -2.21. The number of carbonyl (C=O) groups is 1. The highest BCUT2D eigenvalue weighted by molar-refractivity contribution is 6.31. The summed E-state index contributed by atoms with van der Waals surface area (Å²) < 4.78 is 0. The second-order valence-electron chi connectivity index (χ2n) is 6.20. The number of aryl methyl sites for hydroxylation is 1. The summed E-state index contributed by atoms with van der Waals surface area (Å²) in [5, 5.41) is 3.80. The van der Waals surface area contributed by atoms with Crippen LogP contribution in [-0.4, -0.2) is 12.5 Å². The van der Waals surface area contributed by atoms with Crippen molar-refractivity contribution in [1.82, 2.24) is 5.32 Å². The van der Waals surface area contributed by atoms with Crippen molar-refractivity contribution in [2.75, 3.05) is 6.54 Å².